The van der Waals surface area contributed by atoms with E-state index in [-0.39, 0.29) is 6.61 Å². The van der Waals surface area contributed by atoms with Gasteiger partial charge in [0.05, 0.1) is 32.4 Å². The summed E-state index contributed by atoms with van der Waals surface area (Å²) in [6, 6.07) is 10.9. The first kappa shape index (κ1) is 26.4. The molecule has 3 rings (SSSR count). The Balaban J connectivity index is 1.89. The highest BCUT2D eigenvalue weighted by Crippen LogP contribution is 2.48. The second-order valence-electron chi connectivity index (χ2n) is 5.93. The van der Waals surface area contributed by atoms with Crippen LogP contribution in [0.4, 0.5) is 0 Å². The van der Waals surface area contributed by atoms with Gasteiger partial charge in [-0.25, -0.2) is 4.79 Å². The van der Waals surface area contributed by atoms with Gasteiger partial charge in [-0.15, -0.1) is 0 Å². The minimum Gasteiger partial charge on any atom is -0.487 e. The molecular weight excluding hydrogens is 927 g/mol. The lowest BCUT2D eigenvalue weighted by Crippen LogP contribution is -2.13. The molecule has 3 aromatic carbocycles. The smallest absolute Gasteiger partial charge is 0.344 e. The van der Waals surface area contributed by atoms with E-state index in [0.717, 1.165) is 17.9 Å². The van der Waals surface area contributed by atoms with Crippen LogP contribution in [0.1, 0.15) is 15.9 Å². The minimum atomic E-state index is -0.504. The van der Waals surface area contributed by atoms with Gasteiger partial charge in [0.15, 0.2) is 5.75 Å². The molecule has 0 N–H and O–H groups in total. The average Bonchev–Trinajstić information content (AvgIpc) is 2.73. The Bertz CT molecular complexity index is 1130. The molecule has 31 heavy (non-hydrogen) atoms. The second kappa shape index (κ2) is 11.5. The van der Waals surface area contributed by atoms with Gasteiger partial charge < -0.3 is 9.47 Å². The van der Waals surface area contributed by atoms with Crippen LogP contribution in [0, 0.1) is 0 Å². The molecule has 0 aliphatic heterocycles. The molecule has 0 unspecified atom stereocenters. The lowest BCUT2D eigenvalue weighted by Gasteiger charge is -2.16. The van der Waals surface area contributed by atoms with E-state index in [0.29, 0.717) is 40.5 Å². The number of esters is 1. The van der Waals surface area contributed by atoms with Gasteiger partial charge in [0.1, 0.15) is 12.4 Å². The standard InChI is InChI=1S/C20H8Br8O3/c21-9-5-11(22)18(12(23)6-9)30-7-8-3-1-2-4-10(8)20(29)31-19-16(27)14(25)13(24)15(26)17(19)28/h1-6H,7H2. The van der Waals surface area contributed by atoms with Gasteiger partial charge in [-0.2, -0.15) is 0 Å². The molecule has 162 valence electrons. The Labute approximate surface area is 246 Å². The summed E-state index contributed by atoms with van der Waals surface area (Å²) >= 11 is 27.8. The van der Waals surface area contributed by atoms with Crippen LogP contribution in [-0.4, -0.2) is 5.97 Å². The van der Waals surface area contributed by atoms with Crippen molar-refractivity contribution in [2.24, 2.45) is 0 Å². The molecule has 0 radical (unpaired) electrons. The van der Waals surface area contributed by atoms with Crippen molar-refractivity contribution in [3.8, 4) is 11.5 Å². The largest absolute Gasteiger partial charge is 0.487 e. The zero-order valence-electron chi connectivity index (χ0n) is 14.9. The maximum absolute atomic E-state index is 13.1. The molecule has 3 nitrogen and oxygen atoms in total. The molecule has 0 aliphatic carbocycles. The molecule has 0 saturated carbocycles. The first-order valence-electron chi connectivity index (χ1n) is 8.20. The van der Waals surface area contributed by atoms with E-state index in [4.69, 9.17) is 9.47 Å². The molecule has 0 bridgehead atoms. The number of halogens is 8. The second-order valence-corrected chi connectivity index (χ2v) is 12.5. The normalized spacial score (nSPS) is 10.8. The topological polar surface area (TPSA) is 35.5 Å². The monoisotopic (exact) mass is 927 g/mol. The Morgan fingerprint density at radius 1 is 0.710 bits per heavy atom. The van der Waals surface area contributed by atoms with E-state index in [1.807, 2.05) is 24.3 Å². The first-order valence-corrected chi connectivity index (χ1v) is 14.5. The molecule has 11 heteroatoms. The van der Waals surface area contributed by atoms with E-state index in [1.165, 1.54) is 0 Å². The highest BCUT2D eigenvalue weighted by atomic mass is 79.9. The number of rotatable bonds is 5. The van der Waals surface area contributed by atoms with Crippen molar-refractivity contribution in [3.63, 3.8) is 0 Å². The Hall–Kier alpha value is 0.770. The van der Waals surface area contributed by atoms with Crippen molar-refractivity contribution in [3.05, 3.63) is 83.3 Å². The van der Waals surface area contributed by atoms with Crippen molar-refractivity contribution >= 4 is 133 Å². The van der Waals surface area contributed by atoms with Crippen LogP contribution in [0.2, 0.25) is 0 Å². The van der Waals surface area contributed by atoms with Crippen LogP contribution in [-0.2, 0) is 6.61 Å². The van der Waals surface area contributed by atoms with Crippen LogP contribution in [0.3, 0.4) is 0 Å². The van der Waals surface area contributed by atoms with Crippen molar-refractivity contribution in [2.45, 2.75) is 6.61 Å². The van der Waals surface area contributed by atoms with Crippen molar-refractivity contribution in [1.82, 2.24) is 0 Å². The van der Waals surface area contributed by atoms with Gasteiger partial charge in [0.25, 0.3) is 0 Å². The van der Waals surface area contributed by atoms with E-state index in [9.17, 15) is 4.79 Å². The number of benzene rings is 3. The summed E-state index contributed by atoms with van der Waals surface area (Å²) in [4.78, 5) is 13.1. The van der Waals surface area contributed by atoms with Crippen LogP contribution in [0.5, 0.6) is 11.5 Å². The van der Waals surface area contributed by atoms with E-state index in [1.54, 1.807) is 12.1 Å². The average molecular weight is 936 g/mol. The van der Waals surface area contributed by atoms with Gasteiger partial charge in [-0.05, 0) is 130 Å². The predicted octanol–water partition coefficient (Wildman–Crippen LogP) is 10.6. The molecule has 3 aromatic rings. The summed E-state index contributed by atoms with van der Waals surface area (Å²) in [5.41, 5.74) is 1.09. The molecule has 0 saturated heterocycles. The maximum Gasteiger partial charge on any atom is 0.344 e. The van der Waals surface area contributed by atoms with Gasteiger partial charge in [-0.3, -0.25) is 0 Å². The summed E-state index contributed by atoms with van der Waals surface area (Å²) < 4.78 is 17.6. The number of ether oxygens (including phenoxy) is 2. The summed E-state index contributed by atoms with van der Waals surface area (Å²) in [5.74, 6) is 0.481. The quantitative estimate of drug-likeness (QED) is 0.111. The highest BCUT2D eigenvalue weighted by Gasteiger charge is 2.23. The molecule has 0 aliphatic rings. The Morgan fingerprint density at radius 2 is 1.23 bits per heavy atom. The fourth-order valence-electron chi connectivity index (χ4n) is 2.48. The predicted molar refractivity (Wildman–Crippen MR) is 150 cm³/mol. The van der Waals surface area contributed by atoms with Gasteiger partial charge in [0, 0.05) is 14.5 Å². The van der Waals surface area contributed by atoms with Crippen LogP contribution >= 0.6 is 127 Å². The van der Waals surface area contributed by atoms with Crippen LogP contribution < -0.4 is 9.47 Å². The van der Waals surface area contributed by atoms with E-state index >= 15 is 0 Å². The first-order chi connectivity index (χ1) is 14.6. The number of hydrogen-bond acceptors (Lipinski definition) is 3. The summed E-state index contributed by atoms with van der Waals surface area (Å²) in [7, 11) is 0. The van der Waals surface area contributed by atoms with E-state index < -0.39 is 5.97 Å². The zero-order valence-corrected chi connectivity index (χ0v) is 27.6. The van der Waals surface area contributed by atoms with Crippen molar-refractivity contribution in [1.29, 1.82) is 0 Å². The molecular formula is C20H8Br8O3. The zero-order chi connectivity index (χ0) is 22.9. The lowest BCUT2D eigenvalue weighted by atomic mass is 10.1. The maximum atomic E-state index is 13.1. The number of hydrogen-bond donors (Lipinski definition) is 0. The summed E-state index contributed by atoms with van der Waals surface area (Å²) in [6.45, 7) is 0.181. The molecule has 0 fully saturated rings. The van der Waals surface area contributed by atoms with Gasteiger partial charge >= 0.3 is 5.97 Å². The fraction of sp³-hybridized carbons (Fsp3) is 0.0500. The SMILES string of the molecule is O=C(Oc1c(Br)c(Br)c(Br)c(Br)c1Br)c1ccccc1COc1c(Br)cc(Br)cc1Br. The third-order valence-corrected chi connectivity index (χ3v) is 11.6. The van der Waals surface area contributed by atoms with Gasteiger partial charge in [0.2, 0.25) is 0 Å². The van der Waals surface area contributed by atoms with Gasteiger partial charge in [-0.1, -0.05) is 34.1 Å². The molecule has 0 aromatic heterocycles. The van der Waals surface area contributed by atoms with Crippen molar-refractivity contribution < 1.29 is 14.3 Å². The Kier molecular flexibility index (Phi) is 9.76. The highest BCUT2D eigenvalue weighted by molar-refractivity contribution is 9.16. The molecule has 0 amide bonds. The fourth-order valence-corrected chi connectivity index (χ4v) is 8.14. The minimum absolute atomic E-state index is 0.181. The number of carbonyl (C=O) groups excluding carboxylic acids is 1. The lowest BCUT2D eigenvalue weighted by molar-refractivity contribution is 0.0729. The van der Waals surface area contributed by atoms with Crippen molar-refractivity contribution in [2.75, 3.05) is 0 Å². The van der Waals surface area contributed by atoms with Crippen LogP contribution in [0.25, 0.3) is 0 Å². The van der Waals surface area contributed by atoms with Crippen LogP contribution in [0.15, 0.2) is 72.2 Å². The third-order valence-electron chi connectivity index (χ3n) is 3.94. The molecule has 0 spiro atoms. The molecule has 0 atom stereocenters. The third kappa shape index (κ3) is 6.07. The summed E-state index contributed by atoms with van der Waals surface area (Å²) in [6.07, 6.45) is 0. The van der Waals surface area contributed by atoms with E-state index in [2.05, 4.69) is 127 Å². The number of carbonyl (C=O) groups is 1. The Morgan fingerprint density at radius 3 is 1.81 bits per heavy atom. The molecule has 0 heterocycles. The summed E-state index contributed by atoms with van der Waals surface area (Å²) in [5, 5.41) is 0.